The summed E-state index contributed by atoms with van der Waals surface area (Å²) in [5.74, 6) is -1.55. The molecular formula is C13H14ClF4N3O3. The molecule has 0 bridgehead atoms. The molecule has 0 atom stereocenters. The van der Waals surface area contributed by atoms with Crippen molar-refractivity contribution in [1.29, 1.82) is 0 Å². The SMILES string of the molecule is CCOC(=O)/C=C(\C)NC(=O)Cn1nc(C(F)F)c(Cl)c1C(F)F. The Kier molecular flexibility index (Phi) is 7.20. The van der Waals surface area contributed by atoms with Gasteiger partial charge in [-0.2, -0.15) is 5.10 Å². The van der Waals surface area contributed by atoms with Gasteiger partial charge in [0.2, 0.25) is 5.91 Å². The van der Waals surface area contributed by atoms with E-state index in [9.17, 15) is 27.2 Å². The Morgan fingerprint density at radius 3 is 2.46 bits per heavy atom. The van der Waals surface area contributed by atoms with Crippen LogP contribution in [0.2, 0.25) is 5.02 Å². The van der Waals surface area contributed by atoms with Crippen LogP contribution in [0.1, 0.15) is 38.1 Å². The molecule has 0 aromatic carbocycles. The Labute approximate surface area is 139 Å². The first-order valence-electron chi connectivity index (χ1n) is 6.64. The summed E-state index contributed by atoms with van der Waals surface area (Å²) in [6.45, 7) is 2.31. The van der Waals surface area contributed by atoms with Gasteiger partial charge in [-0.25, -0.2) is 22.4 Å². The molecule has 134 valence electrons. The topological polar surface area (TPSA) is 73.2 Å². The van der Waals surface area contributed by atoms with Crippen LogP contribution in [0.5, 0.6) is 0 Å². The molecule has 1 aromatic heterocycles. The lowest BCUT2D eigenvalue weighted by Gasteiger charge is -2.08. The maximum Gasteiger partial charge on any atom is 0.332 e. The van der Waals surface area contributed by atoms with Crippen molar-refractivity contribution < 1.29 is 31.9 Å². The molecular weight excluding hydrogens is 358 g/mol. The fourth-order valence-corrected chi connectivity index (χ4v) is 2.03. The number of ether oxygens (including phenoxy) is 1. The van der Waals surface area contributed by atoms with Gasteiger partial charge in [-0.1, -0.05) is 11.6 Å². The lowest BCUT2D eigenvalue weighted by molar-refractivity contribution is -0.137. The minimum atomic E-state index is -3.19. The predicted octanol–water partition coefficient (Wildman–Crippen LogP) is 2.99. The number of esters is 1. The second-order valence-electron chi connectivity index (χ2n) is 4.47. The number of amides is 1. The van der Waals surface area contributed by atoms with Crippen LogP contribution in [0.3, 0.4) is 0 Å². The fraction of sp³-hybridized carbons (Fsp3) is 0.462. The van der Waals surface area contributed by atoms with E-state index in [4.69, 9.17) is 11.6 Å². The molecule has 0 aliphatic carbocycles. The van der Waals surface area contributed by atoms with Gasteiger partial charge < -0.3 is 10.1 Å². The maximum atomic E-state index is 12.9. The zero-order valence-corrected chi connectivity index (χ0v) is 13.4. The van der Waals surface area contributed by atoms with Gasteiger partial charge in [-0.05, 0) is 13.8 Å². The first kappa shape index (κ1) is 19.9. The van der Waals surface area contributed by atoms with E-state index in [0.717, 1.165) is 6.08 Å². The molecule has 24 heavy (non-hydrogen) atoms. The molecule has 1 rings (SSSR count). The summed E-state index contributed by atoms with van der Waals surface area (Å²) >= 11 is 5.46. The quantitative estimate of drug-likeness (QED) is 0.454. The normalized spacial score (nSPS) is 12.0. The minimum absolute atomic E-state index is 0.0874. The largest absolute Gasteiger partial charge is 0.463 e. The Morgan fingerprint density at radius 2 is 1.96 bits per heavy atom. The standard InChI is InChI=1S/C13H14ClF4N3O3/c1-3-24-8(23)4-6(2)19-7(22)5-21-11(13(17)18)9(14)10(20-21)12(15)16/h4,12-13H,3,5H2,1-2H3,(H,19,22)/b6-4+. The zero-order chi connectivity index (χ0) is 18.4. The molecule has 1 aromatic rings. The van der Waals surface area contributed by atoms with E-state index >= 15 is 0 Å². The van der Waals surface area contributed by atoms with Crippen molar-refractivity contribution in [3.8, 4) is 0 Å². The summed E-state index contributed by atoms with van der Waals surface area (Å²) in [5.41, 5.74) is -1.92. The molecule has 0 spiro atoms. The molecule has 0 radical (unpaired) electrons. The summed E-state index contributed by atoms with van der Waals surface area (Å²) in [6.07, 6.45) is -5.37. The molecule has 1 heterocycles. The highest BCUT2D eigenvalue weighted by Crippen LogP contribution is 2.34. The number of halogens is 5. The van der Waals surface area contributed by atoms with Gasteiger partial charge in [0.25, 0.3) is 12.9 Å². The summed E-state index contributed by atoms with van der Waals surface area (Å²) in [6, 6.07) is 0. The van der Waals surface area contributed by atoms with E-state index in [1.54, 1.807) is 6.92 Å². The summed E-state index contributed by atoms with van der Waals surface area (Å²) < 4.78 is 56.3. The first-order chi connectivity index (χ1) is 11.2. The van der Waals surface area contributed by atoms with Crippen molar-refractivity contribution >= 4 is 23.5 Å². The Morgan fingerprint density at radius 1 is 1.33 bits per heavy atom. The first-order valence-corrected chi connectivity index (χ1v) is 7.02. The Balaban J connectivity index is 2.91. The third-order valence-electron chi connectivity index (χ3n) is 2.62. The number of nitrogens with one attached hydrogen (secondary N) is 1. The van der Waals surface area contributed by atoms with Crippen molar-refractivity contribution in [3.05, 3.63) is 28.2 Å². The summed E-state index contributed by atoms with van der Waals surface area (Å²) in [4.78, 5) is 23.0. The zero-order valence-electron chi connectivity index (χ0n) is 12.7. The molecule has 11 heteroatoms. The van der Waals surface area contributed by atoms with Gasteiger partial charge in [0.05, 0.1) is 11.6 Å². The monoisotopic (exact) mass is 371 g/mol. The van der Waals surface area contributed by atoms with Crippen LogP contribution in [0.25, 0.3) is 0 Å². The van der Waals surface area contributed by atoms with Crippen LogP contribution in [0, 0.1) is 0 Å². The van der Waals surface area contributed by atoms with E-state index in [1.807, 2.05) is 0 Å². The molecule has 0 saturated heterocycles. The Bertz CT molecular complexity index is 647. The number of nitrogens with zero attached hydrogens (tertiary/aromatic N) is 2. The lowest BCUT2D eigenvalue weighted by Crippen LogP contribution is -2.28. The molecule has 1 amide bonds. The smallest absolute Gasteiger partial charge is 0.332 e. The number of carbonyl (C=O) groups excluding carboxylic acids is 2. The number of hydrogen-bond acceptors (Lipinski definition) is 4. The molecule has 0 aliphatic heterocycles. The van der Waals surface area contributed by atoms with Crippen LogP contribution in [0.4, 0.5) is 17.6 Å². The number of rotatable bonds is 7. The van der Waals surface area contributed by atoms with Crippen LogP contribution in [-0.2, 0) is 20.9 Å². The third kappa shape index (κ3) is 5.22. The van der Waals surface area contributed by atoms with Crippen LogP contribution >= 0.6 is 11.6 Å². The van der Waals surface area contributed by atoms with Gasteiger partial charge in [0, 0.05) is 11.8 Å². The molecule has 0 unspecified atom stereocenters. The number of aromatic nitrogens is 2. The molecule has 1 N–H and O–H groups in total. The van der Waals surface area contributed by atoms with E-state index in [2.05, 4.69) is 15.2 Å². The van der Waals surface area contributed by atoms with Gasteiger partial charge in [-0.3, -0.25) is 9.48 Å². The highest BCUT2D eigenvalue weighted by atomic mass is 35.5. The number of allylic oxidation sites excluding steroid dienone is 1. The highest BCUT2D eigenvalue weighted by molar-refractivity contribution is 6.32. The van der Waals surface area contributed by atoms with E-state index in [-0.39, 0.29) is 12.3 Å². The van der Waals surface area contributed by atoms with E-state index in [0.29, 0.717) is 4.68 Å². The van der Waals surface area contributed by atoms with Crippen molar-refractivity contribution in [2.45, 2.75) is 33.2 Å². The van der Waals surface area contributed by atoms with Gasteiger partial charge in [0.1, 0.15) is 17.9 Å². The summed E-state index contributed by atoms with van der Waals surface area (Å²) in [7, 11) is 0. The second-order valence-corrected chi connectivity index (χ2v) is 4.85. The van der Waals surface area contributed by atoms with Gasteiger partial charge in [-0.15, -0.1) is 0 Å². The van der Waals surface area contributed by atoms with E-state index in [1.165, 1.54) is 6.92 Å². The maximum absolute atomic E-state index is 12.9. The fourth-order valence-electron chi connectivity index (χ4n) is 1.73. The molecule has 0 saturated carbocycles. The minimum Gasteiger partial charge on any atom is -0.463 e. The summed E-state index contributed by atoms with van der Waals surface area (Å²) in [5, 5.41) is 4.59. The van der Waals surface area contributed by atoms with Crippen molar-refractivity contribution in [2.24, 2.45) is 0 Å². The van der Waals surface area contributed by atoms with Crippen molar-refractivity contribution in [2.75, 3.05) is 6.61 Å². The molecule has 0 aliphatic rings. The molecule has 6 nitrogen and oxygen atoms in total. The van der Waals surface area contributed by atoms with Gasteiger partial charge in [0.15, 0.2) is 0 Å². The van der Waals surface area contributed by atoms with Crippen LogP contribution in [0.15, 0.2) is 11.8 Å². The molecule has 0 fully saturated rings. The number of hydrogen-bond donors (Lipinski definition) is 1. The van der Waals surface area contributed by atoms with E-state index < -0.39 is 47.7 Å². The predicted molar refractivity (Wildman–Crippen MR) is 75.7 cm³/mol. The van der Waals surface area contributed by atoms with Crippen LogP contribution < -0.4 is 5.32 Å². The average molecular weight is 372 g/mol. The highest BCUT2D eigenvalue weighted by Gasteiger charge is 2.28. The van der Waals surface area contributed by atoms with Crippen molar-refractivity contribution in [1.82, 2.24) is 15.1 Å². The Hall–Kier alpha value is -2.10. The lowest BCUT2D eigenvalue weighted by atomic mass is 10.3. The number of carbonyl (C=O) groups is 2. The average Bonchev–Trinajstić information content (AvgIpc) is 2.75. The number of alkyl halides is 4. The second kappa shape index (κ2) is 8.67. The third-order valence-corrected chi connectivity index (χ3v) is 3.01. The van der Waals surface area contributed by atoms with Crippen LogP contribution in [-0.4, -0.2) is 28.3 Å². The van der Waals surface area contributed by atoms with Gasteiger partial charge >= 0.3 is 5.97 Å². The van der Waals surface area contributed by atoms with Crippen molar-refractivity contribution in [3.63, 3.8) is 0 Å².